The first-order valence-electron chi connectivity index (χ1n) is 9.88. The van der Waals surface area contributed by atoms with E-state index in [1.165, 1.54) is 16.4 Å². The van der Waals surface area contributed by atoms with Gasteiger partial charge in [0.05, 0.1) is 10.7 Å². The van der Waals surface area contributed by atoms with Gasteiger partial charge >= 0.3 is 0 Å². The average molecular weight is 464 g/mol. The first kappa shape index (κ1) is 21.6. The number of carbonyl (C=O) groups is 2. The summed E-state index contributed by atoms with van der Waals surface area (Å²) in [5, 5.41) is 5.61. The summed E-state index contributed by atoms with van der Waals surface area (Å²) in [5.74, 6) is -0.215. The summed E-state index contributed by atoms with van der Waals surface area (Å²) in [7, 11) is -3.85. The third kappa shape index (κ3) is 4.39. The predicted molar refractivity (Wildman–Crippen MR) is 116 cm³/mol. The Bertz CT molecular complexity index is 1140. The number of piperidine rings is 1. The zero-order valence-corrected chi connectivity index (χ0v) is 18.4. The van der Waals surface area contributed by atoms with Crippen molar-refractivity contribution in [2.24, 2.45) is 0 Å². The van der Waals surface area contributed by atoms with E-state index in [9.17, 15) is 18.0 Å². The number of anilines is 1. The summed E-state index contributed by atoms with van der Waals surface area (Å²) in [6.45, 7) is 2.21. The van der Waals surface area contributed by atoms with Crippen LogP contribution in [0.5, 0.6) is 5.75 Å². The monoisotopic (exact) mass is 463 g/mol. The number of hydrogen-bond acceptors (Lipinski definition) is 5. The van der Waals surface area contributed by atoms with Crippen LogP contribution in [0, 0.1) is 6.92 Å². The van der Waals surface area contributed by atoms with Crippen LogP contribution < -0.4 is 15.4 Å². The molecule has 10 heteroatoms. The van der Waals surface area contributed by atoms with Crippen LogP contribution >= 0.6 is 11.6 Å². The summed E-state index contributed by atoms with van der Waals surface area (Å²) in [5.41, 5.74) is 1.85. The van der Waals surface area contributed by atoms with E-state index >= 15 is 0 Å². The highest BCUT2D eigenvalue weighted by Crippen LogP contribution is 2.37. The number of carbonyl (C=O) groups excluding carboxylic acids is 2. The van der Waals surface area contributed by atoms with Gasteiger partial charge in [-0.1, -0.05) is 29.8 Å². The molecule has 0 spiro atoms. The number of nitrogens with one attached hydrogen (secondary N) is 2. The lowest BCUT2D eigenvalue weighted by atomic mass is 10.0. The lowest BCUT2D eigenvalue weighted by Crippen LogP contribution is -2.46. The molecule has 2 aliphatic rings. The van der Waals surface area contributed by atoms with E-state index in [1.807, 2.05) is 25.1 Å². The Balaban J connectivity index is 1.44. The van der Waals surface area contributed by atoms with Crippen LogP contribution in [0.25, 0.3) is 0 Å². The van der Waals surface area contributed by atoms with Crippen molar-refractivity contribution in [3.05, 3.63) is 52.5 Å². The summed E-state index contributed by atoms with van der Waals surface area (Å²) >= 11 is 6.22. The normalized spacial score (nSPS) is 17.4. The second-order valence-corrected chi connectivity index (χ2v) is 9.90. The molecule has 31 heavy (non-hydrogen) atoms. The molecule has 0 unspecified atom stereocenters. The highest BCUT2D eigenvalue weighted by Gasteiger charge is 2.33. The molecule has 2 N–H and O–H groups in total. The van der Waals surface area contributed by atoms with Gasteiger partial charge in [-0.15, -0.1) is 0 Å². The number of ether oxygens (including phenoxy) is 1. The maximum absolute atomic E-state index is 13.2. The smallest absolute Gasteiger partial charge is 0.262 e. The molecule has 8 nitrogen and oxygen atoms in total. The van der Waals surface area contributed by atoms with E-state index < -0.39 is 10.0 Å². The fraction of sp³-hybridized carbons (Fsp3) is 0.333. The van der Waals surface area contributed by atoms with Gasteiger partial charge in [0.2, 0.25) is 10.0 Å². The quantitative estimate of drug-likeness (QED) is 0.725. The fourth-order valence-corrected chi connectivity index (χ4v) is 5.74. The van der Waals surface area contributed by atoms with Gasteiger partial charge in [0, 0.05) is 30.8 Å². The minimum Gasteiger partial charge on any atom is -0.482 e. The van der Waals surface area contributed by atoms with Gasteiger partial charge in [0.1, 0.15) is 10.6 Å². The minimum absolute atomic E-state index is 0.0135. The third-order valence-electron chi connectivity index (χ3n) is 5.46. The van der Waals surface area contributed by atoms with E-state index in [0.717, 1.165) is 5.56 Å². The van der Waals surface area contributed by atoms with Gasteiger partial charge in [-0.2, -0.15) is 4.31 Å². The molecular formula is C21H22ClN3O5S. The number of benzene rings is 2. The molecule has 0 aliphatic carbocycles. The molecule has 2 aliphatic heterocycles. The maximum Gasteiger partial charge on any atom is 0.262 e. The van der Waals surface area contributed by atoms with Crippen LogP contribution in [0.1, 0.15) is 28.8 Å². The lowest BCUT2D eigenvalue weighted by molar-refractivity contribution is -0.118. The van der Waals surface area contributed by atoms with Gasteiger partial charge in [0.15, 0.2) is 6.61 Å². The van der Waals surface area contributed by atoms with Crippen LogP contribution in [0.3, 0.4) is 0 Å². The van der Waals surface area contributed by atoms with Crippen molar-refractivity contribution in [2.75, 3.05) is 25.0 Å². The molecule has 0 radical (unpaired) electrons. The van der Waals surface area contributed by atoms with E-state index in [2.05, 4.69) is 10.6 Å². The average Bonchev–Trinajstić information content (AvgIpc) is 2.73. The maximum atomic E-state index is 13.2. The molecule has 0 atom stereocenters. The third-order valence-corrected chi connectivity index (χ3v) is 7.83. The molecule has 2 heterocycles. The van der Waals surface area contributed by atoms with Crippen molar-refractivity contribution in [1.82, 2.24) is 9.62 Å². The SMILES string of the molecule is Cc1ccccc1C(=O)NC1CCN(S(=O)(=O)c2cc3c(cc2Cl)NC(=O)CO3)CC1. The Morgan fingerprint density at radius 3 is 2.65 bits per heavy atom. The topological polar surface area (TPSA) is 105 Å². The molecule has 2 amide bonds. The summed E-state index contributed by atoms with van der Waals surface area (Å²) in [4.78, 5) is 23.9. The largest absolute Gasteiger partial charge is 0.482 e. The van der Waals surface area contributed by atoms with Crippen molar-refractivity contribution in [1.29, 1.82) is 0 Å². The number of amides is 2. The zero-order valence-electron chi connectivity index (χ0n) is 16.9. The minimum atomic E-state index is -3.85. The van der Waals surface area contributed by atoms with E-state index in [4.69, 9.17) is 16.3 Å². The molecule has 1 fully saturated rings. The summed E-state index contributed by atoms with van der Waals surface area (Å²) < 4.78 is 33.0. The van der Waals surface area contributed by atoms with Gasteiger partial charge < -0.3 is 15.4 Å². The second kappa shape index (κ2) is 8.49. The molecule has 4 rings (SSSR count). The van der Waals surface area contributed by atoms with E-state index in [0.29, 0.717) is 24.1 Å². The number of aryl methyl sites for hydroxylation is 1. The Morgan fingerprint density at radius 1 is 1.23 bits per heavy atom. The Kier molecular flexibility index (Phi) is 5.92. The van der Waals surface area contributed by atoms with E-state index in [1.54, 1.807) is 6.07 Å². The Labute approximate surface area is 185 Å². The van der Waals surface area contributed by atoms with Crippen molar-refractivity contribution in [3.63, 3.8) is 0 Å². The second-order valence-electron chi connectivity index (χ2n) is 7.58. The molecule has 2 aromatic carbocycles. The van der Waals surface area contributed by atoms with Gasteiger partial charge in [0.25, 0.3) is 11.8 Å². The molecule has 164 valence electrons. The van der Waals surface area contributed by atoms with Gasteiger partial charge in [-0.05, 0) is 37.5 Å². The number of rotatable bonds is 4. The van der Waals surface area contributed by atoms with Crippen molar-refractivity contribution < 1.29 is 22.7 Å². The number of nitrogens with zero attached hydrogens (tertiary/aromatic N) is 1. The number of halogens is 1. The molecule has 2 aromatic rings. The van der Waals surface area contributed by atoms with Gasteiger partial charge in [-0.25, -0.2) is 8.42 Å². The number of sulfonamides is 1. The van der Waals surface area contributed by atoms with Crippen molar-refractivity contribution in [2.45, 2.75) is 30.7 Å². The van der Waals surface area contributed by atoms with Crippen molar-refractivity contribution >= 4 is 39.1 Å². The molecule has 0 aromatic heterocycles. The standard InChI is InChI=1S/C21H22ClN3O5S/c1-13-4-2-3-5-15(13)21(27)23-14-6-8-25(9-7-14)31(28,29)19-11-18-17(10-16(19)22)24-20(26)12-30-18/h2-5,10-11,14H,6-9,12H2,1H3,(H,23,27)(H,24,26). The molecule has 0 saturated carbocycles. The highest BCUT2D eigenvalue weighted by molar-refractivity contribution is 7.89. The van der Waals surface area contributed by atoms with Crippen LogP contribution in [0.2, 0.25) is 5.02 Å². The lowest BCUT2D eigenvalue weighted by Gasteiger charge is -2.32. The first-order chi connectivity index (χ1) is 14.8. The summed E-state index contributed by atoms with van der Waals surface area (Å²) in [6.07, 6.45) is 0.984. The predicted octanol–water partition coefficient (Wildman–Crippen LogP) is 2.56. The van der Waals surface area contributed by atoms with Crippen LogP contribution in [-0.2, 0) is 14.8 Å². The molecule has 0 bridgehead atoms. The zero-order chi connectivity index (χ0) is 22.2. The van der Waals surface area contributed by atoms with Crippen molar-refractivity contribution in [3.8, 4) is 5.75 Å². The van der Waals surface area contributed by atoms with Crippen LogP contribution in [0.15, 0.2) is 41.3 Å². The molecular weight excluding hydrogens is 442 g/mol. The van der Waals surface area contributed by atoms with Crippen LogP contribution in [0.4, 0.5) is 5.69 Å². The molecule has 1 saturated heterocycles. The summed E-state index contributed by atoms with van der Waals surface area (Å²) in [6, 6.07) is 9.95. The number of hydrogen-bond donors (Lipinski definition) is 2. The number of fused-ring (bicyclic) bond motifs is 1. The fourth-order valence-electron chi connectivity index (χ4n) is 3.75. The first-order valence-corrected chi connectivity index (χ1v) is 11.7. The van der Waals surface area contributed by atoms with E-state index in [-0.39, 0.29) is 53.2 Å². The van der Waals surface area contributed by atoms with Gasteiger partial charge in [-0.3, -0.25) is 9.59 Å². The van der Waals surface area contributed by atoms with Crippen LogP contribution in [-0.4, -0.2) is 50.3 Å². The Morgan fingerprint density at radius 2 is 1.94 bits per heavy atom. The highest BCUT2D eigenvalue weighted by atomic mass is 35.5. The Hall–Kier alpha value is -2.62.